The van der Waals surface area contributed by atoms with Crippen molar-refractivity contribution >= 4 is 11.8 Å². The van der Waals surface area contributed by atoms with Gasteiger partial charge in [0.15, 0.2) is 0 Å². The average molecular weight is 172 g/mol. The van der Waals surface area contributed by atoms with Crippen LogP contribution in [-0.2, 0) is 0 Å². The van der Waals surface area contributed by atoms with Crippen LogP contribution < -0.4 is 5.73 Å². The third kappa shape index (κ3) is 2.85. The molecule has 1 saturated heterocycles. The lowest BCUT2D eigenvalue weighted by Crippen LogP contribution is -2.40. The third-order valence-electron chi connectivity index (χ3n) is 1.87. The van der Waals surface area contributed by atoms with Crippen molar-refractivity contribution in [2.24, 2.45) is 5.73 Å². The highest BCUT2D eigenvalue weighted by Gasteiger charge is 2.17. The van der Waals surface area contributed by atoms with Crippen LogP contribution in [0.5, 0.6) is 0 Å². The topological polar surface area (TPSA) is 29.3 Å². The maximum absolute atomic E-state index is 5.59. The summed E-state index contributed by atoms with van der Waals surface area (Å²) in [6.07, 6.45) is 1.96. The van der Waals surface area contributed by atoms with Gasteiger partial charge in [-0.3, -0.25) is 4.90 Å². The lowest BCUT2D eigenvalue weighted by Gasteiger charge is -2.30. The second-order valence-electron chi connectivity index (χ2n) is 2.78. The summed E-state index contributed by atoms with van der Waals surface area (Å²) in [6, 6.07) is 0. The van der Waals surface area contributed by atoms with Gasteiger partial charge in [-0.25, -0.2) is 0 Å². The van der Waals surface area contributed by atoms with Crippen LogP contribution in [-0.4, -0.2) is 42.1 Å². The van der Waals surface area contributed by atoms with Crippen LogP contribution in [0.15, 0.2) is 12.7 Å². The van der Waals surface area contributed by atoms with Crippen LogP contribution in [0.4, 0.5) is 0 Å². The summed E-state index contributed by atoms with van der Waals surface area (Å²) in [7, 11) is 0. The van der Waals surface area contributed by atoms with E-state index in [0.29, 0.717) is 5.25 Å². The highest BCUT2D eigenvalue weighted by atomic mass is 32.2. The van der Waals surface area contributed by atoms with E-state index in [1.54, 1.807) is 0 Å². The van der Waals surface area contributed by atoms with E-state index >= 15 is 0 Å². The fourth-order valence-corrected chi connectivity index (χ4v) is 2.42. The predicted molar refractivity (Wildman–Crippen MR) is 51.9 cm³/mol. The van der Waals surface area contributed by atoms with Gasteiger partial charge in [-0.1, -0.05) is 6.08 Å². The van der Waals surface area contributed by atoms with Crippen molar-refractivity contribution in [3.8, 4) is 0 Å². The van der Waals surface area contributed by atoms with Crippen LogP contribution >= 0.6 is 11.8 Å². The lowest BCUT2D eigenvalue weighted by molar-refractivity contribution is 0.314. The molecule has 0 aromatic heterocycles. The molecule has 0 bridgehead atoms. The van der Waals surface area contributed by atoms with Gasteiger partial charge in [-0.05, 0) is 0 Å². The van der Waals surface area contributed by atoms with Gasteiger partial charge in [0.25, 0.3) is 0 Å². The number of hydrogen-bond acceptors (Lipinski definition) is 3. The Balaban J connectivity index is 2.27. The Hall–Kier alpha value is 0.01000. The minimum absolute atomic E-state index is 0.642. The highest BCUT2D eigenvalue weighted by molar-refractivity contribution is 8.00. The summed E-state index contributed by atoms with van der Waals surface area (Å²) >= 11 is 1.99. The summed E-state index contributed by atoms with van der Waals surface area (Å²) in [4.78, 5) is 2.40. The van der Waals surface area contributed by atoms with Gasteiger partial charge in [0.05, 0.1) is 0 Å². The molecule has 1 unspecified atom stereocenters. The summed E-state index contributed by atoms with van der Waals surface area (Å²) in [5.74, 6) is 1.22. The van der Waals surface area contributed by atoms with Crippen LogP contribution in [0.2, 0.25) is 0 Å². The van der Waals surface area contributed by atoms with Crippen LogP contribution in [0, 0.1) is 0 Å². The van der Waals surface area contributed by atoms with Gasteiger partial charge < -0.3 is 5.73 Å². The van der Waals surface area contributed by atoms with Gasteiger partial charge in [0.1, 0.15) is 0 Å². The Bertz CT molecular complexity index is 127. The Morgan fingerprint density at radius 3 is 3.18 bits per heavy atom. The van der Waals surface area contributed by atoms with Crippen LogP contribution in [0.25, 0.3) is 0 Å². The van der Waals surface area contributed by atoms with Crippen molar-refractivity contribution in [1.82, 2.24) is 4.90 Å². The van der Waals surface area contributed by atoms with Crippen molar-refractivity contribution in [2.75, 3.05) is 31.9 Å². The van der Waals surface area contributed by atoms with Crippen molar-refractivity contribution in [2.45, 2.75) is 5.25 Å². The first kappa shape index (κ1) is 9.10. The van der Waals surface area contributed by atoms with E-state index in [1.807, 2.05) is 17.8 Å². The average Bonchev–Trinajstić information content (AvgIpc) is 2.06. The molecular formula is C8H16N2S. The maximum atomic E-state index is 5.59. The summed E-state index contributed by atoms with van der Waals surface area (Å²) in [5, 5.41) is 0.642. The Morgan fingerprint density at radius 2 is 2.55 bits per heavy atom. The zero-order valence-corrected chi connectivity index (χ0v) is 7.65. The van der Waals surface area contributed by atoms with Crippen LogP contribution in [0.3, 0.4) is 0 Å². The molecule has 0 amide bonds. The third-order valence-corrected chi connectivity index (χ3v) is 3.10. The van der Waals surface area contributed by atoms with E-state index in [-0.39, 0.29) is 0 Å². The number of nitrogens with two attached hydrogens (primary N) is 1. The van der Waals surface area contributed by atoms with Gasteiger partial charge >= 0.3 is 0 Å². The molecule has 64 valence electrons. The van der Waals surface area contributed by atoms with E-state index in [2.05, 4.69) is 11.5 Å². The SMILES string of the molecule is C=CCN1CCSC(CN)C1. The van der Waals surface area contributed by atoms with Gasteiger partial charge in [0.2, 0.25) is 0 Å². The minimum Gasteiger partial charge on any atom is -0.329 e. The van der Waals surface area contributed by atoms with E-state index < -0.39 is 0 Å². The molecule has 1 atom stereocenters. The fraction of sp³-hybridized carbons (Fsp3) is 0.750. The van der Waals surface area contributed by atoms with Crippen LogP contribution in [0.1, 0.15) is 0 Å². The molecule has 1 fully saturated rings. The van der Waals surface area contributed by atoms with E-state index in [1.165, 1.54) is 12.3 Å². The molecule has 2 N–H and O–H groups in total. The molecule has 0 aromatic carbocycles. The van der Waals surface area contributed by atoms with E-state index in [4.69, 9.17) is 5.73 Å². The number of rotatable bonds is 3. The Morgan fingerprint density at radius 1 is 1.73 bits per heavy atom. The normalized spacial score (nSPS) is 26.8. The van der Waals surface area contributed by atoms with Gasteiger partial charge in [0, 0.05) is 37.2 Å². The molecule has 0 aliphatic carbocycles. The molecular weight excluding hydrogens is 156 g/mol. The van der Waals surface area contributed by atoms with E-state index in [9.17, 15) is 0 Å². The monoisotopic (exact) mass is 172 g/mol. The lowest BCUT2D eigenvalue weighted by atomic mass is 10.3. The predicted octanol–water partition coefficient (Wildman–Crippen LogP) is 0.549. The summed E-state index contributed by atoms with van der Waals surface area (Å²) < 4.78 is 0. The smallest absolute Gasteiger partial charge is 0.0298 e. The van der Waals surface area contributed by atoms with Crippen molar-refractivity contribution in [3.05, 3.63) is 12.7 Å². The fourth-order valence-electron chi connectivity index (χ4n) is 1.27. The minimum atomic E-state index is 0.642. The second kappa shape index (κ2) is 4.80. The molecule has 0 spiro atoms. The highest BCUT2D eigenvalue weighted by Crippen LogP contribution is 2.16. The number of nitrogens with zero attached hydrogens (tertiary/aromatic N) is 1. The first-order valence-corrected chi connectivity index (χ1v) is 5.06. The summed E-state index contributed by atoms with van der Waals surface area (Å²) in [6.45, 7) is 7.86. The quantitative estimate of drug-likeness (QED) is 0.630. The molecule has 1 aliphatic rings. The molecule has 0 radical (unpaired) electrons. The van der Waals surface area contributed by atoms with Gasteiger partial charge in [-0.2, -0.15) is 11.8 Å². The zero-order valence-electron chi connectivity index (χ0n) is 6.83. The molecule has 1 aliphatic heterocycles. The van der Waals surface area contributed by atoms with Gasteiger partial charge in [-0.15, -0.1) is 6.58 Å². The van der Waals surface area contributed by atoms with Crippen molar-refractivity contribution in [3.63, 3.8) is 0 Å². The standard InChI is InChI=1S/C8H16N2S/c1-2-3-10-4-5-11-8(6-9)7-10/h2,8H,1,3-7,9H2. The molecule has 0 aromatic rings. The molecule has 3 heteroatoms. The second-order valence-corrected chi connectivity index (χ2v) is 4.19. The number of hydrogen-bond donors (Lipinski definition) is 1. The molecule has 1 heterocycles. The molecule has 0 saturated carbocycles. The maximum Gasteiger partial charge on any atom is 0.0298 e. The zero-order chi connectivity index (χ0) is 8.10. The molecule has 2 nitrogen and oxygen atoms in total. The number of thioether (sulfide) groups is 1. The van der Waals surface area contributed by atoms with Crippen molar-refractivity contribution < 1.29 is 0 Å². The summed E-state index contributed by atoms with van der Waals surface area (Å²) in [5.41, 5.74) is 5.59. The van der Waals surface area contributed by atoms with E-state index in [0.717, 1.165) is 19.6 Å². The molecule has 1 rings (SSSR count). The Kier molecular flexibility index (Phi) is 3.97. The van der Waals surface area contributed by atoms with Crippen molar-refractivity contribution in [1.29, 1.82) is 0 Å². The first-order chi connectivity index (χ1) is 5.36. The largest absolute Gasteiger partial charge is 0.329 e. The first-order valence-electron chi connectivity index (χ1n) is 4.01. The molecule has 11 heavy (non-hydrogen) atoms. The Labute approximate surface area is 72.8 Å².